The van der Waals surface area contributed by atoms with E-state index < -0.39 is 18.0 Å². The number of hydrogen-bond acceptors (Lipinski definition) is 5. The van der Waals surface area contributed by atoms with Crippen molar-refractivity contribution in [2.75, 3.05) is 19.5 Å². The number of carboxylic acid groups (broad SMARTS) is 1. The number of carbonyl (C=O) groups excluding carboxylic acids is 1. The highest BCUT2D eigenvalue weighted by Gasteiger charge is 2.21. The zero-order chi connectivity index (χ0) is 20.8. The molecule has 0 fully saturated rings. The maximum Gasteiger partial charge on any atom is 0.335 e. The molecule has 7 nitrogen and oxygen atoms in total. The second-order valence-electron chi connectivity index (χ2n) is 6.54. The molecule has 1 atom stereocenters. The number of methoxy groups -OCH3 is 2. The molecule has 1 unspecified atom stereocenters. The fourth-order valence-corrected chi connectivity index (χ4v) is 2.62. The van der Waals surface area contributed by atoms with Crippen LogP contribution in [-0.4, -0.2) is 37.3 Å². The van der Waals surface area contributed by atoms with Gasteiger partial charge in [0.25, 0.3) is 5.91 Å². The summed E-state index contributed by atoms with van der Waals surface area (Å²) in [5.74, 6) is -0.240. The minimum Gasteiger partial charge on any atom is -0.493 e. The quantitative estimate of drug-likeness (QED) is 0.713. The first kappa shape index (κ1) is 21.1. The predicted octanol–water partition coefficient (Wildman–Crippen LogP) is 3.93. The Kier molecular flexibility index (Phi) is 6.87. The second-order valence-corrected chi connectivity index (χ2v) is 6.54. The van der Waals surface area contributed by atoms with Gasteiger partial charge in [-0.15, -0.1) is 0 Å². The lowest BCUT2D eigenvalue weighted by Crippen LogP contribution is -2.30. The number of amides is 1. The van der Waals surface area contributed by atoms with Crippen LogP contribution >= 0.6 is 0 Å². The number of benzene rings is 2. The normalized spacial score (nSPS) is 11.6. The number of aromatic carboxylic acids is 1. The van der Waals surface area contributed by atoms with Gasteiger partial charge in [-0.2, -0.15) is 0 Å². The lowest BCUT2D eigenvalue weighted by molar-refractivity contribution is -0.122. The Morgan fingerprint density at radius 1 is 1.04 bits per heavy atom. The number of nitrogens with one attached hydrogen (secondary N) is 1. The van der Waals surface area contributed by atoms with Crippen LogP contribution in [0.1, 0.15) is 42.6 Å². The molecule has 7 heteroatoms. The second kappa shape index (κ2) is 9.12. The third-order valence-electron chi connectivity index (χ3n) is 4.19. The van der Waals surface area contributed by atoms with E-state index in [4.69, 9.17) is 14.2 Å². The molecule has 0 bridgehead atoms. The van der Waals surface area contributed by atoms with Crippen LogP contribution in [0, 0.1) is 0 Å². The lowest BCUT2D eigenvalue weighted by Gasteiger charge is -2.18. The smallest absolute Gasteiger partial charge is 0.335 e. The van der Waals surface area contributed by atoms with E-state index in [9.17, 15) is 14.7 Å². The fourth-order valence-electron chi connectivity index (χ4n) is 2.62. The number of carbonyl (C=O) groups is 2. The fraction of sp³-hybridized carbons (Fsp3) is 0.333. The van der Waals surface area contributed by atoms with Gasteiger partial charge in [-0.25, -0.2) is 4.79 Å². The third-order valence-corrected chi connectivity index (χ3v) is 4.19. The van der Waals surface area contributed by atoms with E-state index in [0.717, 1.165) is 5.56 Å². The molecule has 0 aliphatic rings. The van der Waals surface area contributed by atoms with Crippen molar-refractivity contribution in [1.29, 1.82) is 0 Å². The van der Waals surface area contributed by atoms with Gasteiger partial charge < -0.3 is 24.6 Å². The monoisotopic (exact) mass is 387 g/mol. The van der Waals surface area contributed by atoms with Gasteiger partial charge in [-0.1, -0.05) is 26.0 Å². The minimum absolute atomic E-state index is 0.0360. The van der Waals surface area contributed by atoms with Crippen LogP contribution in [0.2, 0.25) is 0 Å². The molecule has 0 heterocycles. The summed E-state index contributed by atoms with van der Waals surface area (Å²) in [5, 5.41) is 11.9. The lowest BCUT2D eigenvalue weighted by atomic mass is 10.0. The highest BCUT2D eigenvalue weighted by Crippen LogP contribution is 2.36. The van der Waals surface area contributed by atoms with Crippen LogP contribution in [0.5, 0.6) is 17.2 Å². The number of anilines is 1. The number of ether oxygens (including phenoxy) is 3. The summed E-state index contributed by atoms with van der Waals surface area (Å²) in [4.78, 5) is 23.9. The van der Waals surface area contributed by atoms with Crippen LogP contribution in [-0.2, 0) is 4.79 Å². The van der Waals surface area contributed by atoms with E-state index in [0.29, 0.717) is 11.7 Å². The summed E-state index contributed by atoms with van der Waals surface area (Å²) in [6.07, 6.45) is -0.813. The molecular formula is C21H25NO6. The Balaban J connectivity index is 2.22. The average molecular weight is 387 g/mol. The van der Waals surface area contributed by atoms with Crippen molar-refractivity contribution in [3.05, 3.63) is 47.5 Å². The SMILES string of the molecule is COc1cc(C(=O)O)cc(NC(=O)C(C)Oc2cccc(C(C)C)c2)c1OC. The summed E-state index contributed by atoms with van der Waals surface area (Å²) in [5.41, 5.74) is 1.26. The molecule has 1 amide bonds. The van der Waals surface area contributed by atoms with Crippen molar-refractivity contribution < 1.29 is 28.9 Å². The molecular weight excluding hydrogens is 362 g/mol. The third kappa shape index (κ3) is 4.94. The van der Waals surface area contributed by atoms with E-state index in [1.165, 1.54) is 26.4 Å². The van der Waals surface area contributed by atoms with E-state index >= 15 is 0 Å². The Morgan fingerprint density at radius 3 is 2.32 bits per heavy atom. The summed E-state index contributed by atoms with van der Waals surface area (Å²) < 4.78 is 16.2. The topological polar surface area (TPSA) is 94.1 Å². The highest BCUT2D eigenvalue weighted by atomic mass is 16.5. The molecule has 2 aromatic rings. The van der Waals surface area contributed by atoms with Crippen LogP contribution in [0.3, 0.4) is 0 Å². The summed E-state index contributed by atoms with van der Waals surface area (Å²) >= 11 is 0. The van der Waals surface area contributed by atoms with Crippen LogP contribution < -0.4 is 19.5 Å². The van der Waals surface area contributed by atoms with E-state index in [1.807, 2.05) is 18.2 Å². The number of rotatable bonds is 8. The molecule has 0 saturated carbocycles. The Labute approximate surface area is 164 Å². The van der Waals surface area contributed by atoms with Gasteiger partial charge in [0, 0.05) is 0 Å². The van der Waals surface area contributed by atoms with E-state index in [1.54, 1.807) is 13.0 Å². The number of hydrogen-bond donors (Lipinski definition) is 2. The summed E-state index contributed by atoms with van der Waals surface area (Å²) in [6.45, 7) is 5.76. The van der Waals surface area contributed by atoms with E-state index in [2.05, 4.69) is 19.2 Å². The maximum atomic E-state index is 12.6. The van der Waals surface area contributed by atoms with Gasteiger partial charge in [0.05, 0.1) is 25.5 Å². The molecule has 2 rings (SSSR count). The molecule has 0 radical (unpaired) electrons. The van der Waals surface area contributed by atoms with Gasteiger partial charge in [-0.05, 0) is 42.7 Å². The van der Waals surface area contributed by atoms with E-state index in [-0.39, 0.29) is 22.7 Å². The van der Waals surface area contributed by atoms with Gasteiger partial charge in [-0.3, -0.25) is 4.79 Å². The molecule has 0 aromatic heterocycles. The van der Waals surface area contributed by atoms with Crippen molar-refractivity contribution in [2.24, 2.45) is 0 Å². The van der Waals surface area contributed by atoms with Gasteiger partial charge in [0.2, 0.25) is 0 Å². The molecule has 28 heavy (non-hydrogen) atoms. The zero-order valence-electron chi connectivity index (χ0n) is 16.6. The van der Waals surface area contributed by atoms with Gasteiger partial charge >= 0.3 is 5.97 Å². The standard InChI is InChI=1S/C21H25NO6/c1-12(2)14-7-6-8-16(9-14)28-13(3)20(23)22-17-10-15(21(24)25)11-18(26-4)19(17)27-5/h6-13H,1-5H3,(H,22,23)(H,24,25). The largest absolute Gasteiger partial charge is 0.493 e. The molecule has 0 aliphatic heterocycles. The van der Waals surface area contributed by atoms with Crippen molar-refractivity contribution in [2.45, 2.75) is 32.8 Å². The Hall–Kier alpha value is -3.22. The molecule has 0 spiro atoms. The first-order valence-electron chi connectivity index (χ1n) is 8.83. The van der Waals surface area contributed by atoms with Gasteiger partial charge in [0.1, 0.15) is 5.75 Å². The summed E-state index contributed by atoms with van der Waals surface area (Å²) in [7, 11) is 2.80. The van der Waals surface area contributed by atoms with Crippen LogP contribution in [0.4, 0.5) is 5.69 Å². The molecule has 2 aromatic carbocycles. The molecule has 0 aliphatic carbocycles. The Bertz CT molecular complexity index is 862. The number of carboxylic acids is 1. The van der Waals surface area contributed by atoms with Crippen molar-refractivity contribution >= 4 is 17.6 Å². The first-order chi connectivity index (χ1) is 13.3. The average Bonchev–Trinajstić information content (AvgIpc) is 2.67. The van der Waals surface area contributed by atoms with Crippen molar-refractivity contribution in [1.82, 2.24) is 0 Å². The highest BCUT2D eigenvalue weighted by molar-refractivity contribution is 5.98. The van der Waals surface area contributed by atoms with Crippen molar-refractivity contribution in [3.63, 3.8) is 0 Å². The zero-order valence-corrected chi connectivity index (χ0v) is 16.6. The first-order valence-corrected chi connectivity index (χ1v) is 8.83. The predicted molar refractivity (Wildman–Crippen MR) is 106 cm³/mol. The van der Waals surface area contributed by atoms with Crippen LogP contribution in [0.15, 0.2) is 36.4 Å². The molecule has 150 valence electrons. The van der Waals surface area contributed by atoms with Crippen molar-refractivity contribution in [3.8, 4) is 17.2 Å². The van der Waals surface area contributed by atoms with Gasteiger partial charge in [0.15, 0.2) is 17.6 Å². The van der Waals surface area contributed by atoms with Crippen LogP contribution in [0.25, 0.3) is 0 Å². The maximum absolute atomic E-state index is 12.6. The molecule has 2 N–H and O–H groups in total. The Morgan fingerprint density at radius 2 is 1.75 bits per heavy atom. The molecule has 0 saturated heterocycles. The minimum atomic E-state index is -1.15. The summed E-state index contributed by atoms with van der Waals surface area (Å²) in [6, 6.07) is 10.2.